The van der Waals surface area contributed by atoms with Crippen molar-refractivity contribution in [1.82, 2.24) is 19.9 Å². The number of nitrogens with one attached hydrogen (secondary N) is 1. The number of carbonyl (C=O) groups excluding carboxylic acids is 1. The van der Waals surface area contributed by atoms with Crippen LogP contribution in [0.3, 0.4) is 0 Å². The van der Waals surface area contributed by atoms with Crippen LogP contribution in [0, 0.1) is 5.92 Å². The molecule has 1 aliphatic rings. The third-order valence-corrected chi connectivity index (χ3v) is 6.13. The quantitative estimate of drug-likeness (QED) is 0.691. The van der Waals surface area contributed by atoms with Gasteiger partial charge in [-0.05, 0) is 24.8 Å². The topological polar surface area (TPSA) is 88.8 Å². The van der Waals surface area contributed by atoms with Crippen LogP contribution < -0.4 is 20.5 Å². The summed E-state index contributed by atoms with van der Waals surface area (Å²) in [6.07, 6.45) is 2.21. The Morgan fingerprint density at radius 3 is 2.83 bits per heavy atom. The van der Waals surface area contributed by atoms with E-state index in [4.69, 9.17) is 4.74 Å². The molecule has 0 bridgehead atoms. The lowest BCUT2D eigenvalue weighted by atomic mass is 10.00. The molecule has 9 heteroatoms. The van der Waals surface area contributed by atoms with E-state index in [1.807, 2.05) is 24.3 Å². The number of aromatic nitrogens is 3. The van der Waals surface area contributed by atoms with Gasteiger partial charge in [-0.2, -0.15) is 9.50 Å². The Hall–Kier alpha value is -2.94. The van der Waals surface area contributed by atoms with Gasteiger partial charge in [0.1, 0.15) is 11.4 Å². The summed E-state index contributed by atoms with van der Waals surface area (Å²) in [4.78, 5) is 31.5. The lowest BCUT2D eigenvalue weighted by Crippen LogP contribution is -2.32. The highest BCUT2D eigenvalue weighted by Crippen LogP contribution is 2.27. The number of amides is 1. The lowest BCUT2D eigenvalue weighted by molar-refractivity contribution is 0.0943. The van der Waals surface area contributed by atoms with Crippen molar-refractivity contribution in [1.29, 1.82) is 0 Å². The molecular formula is C20H23N5O3S. The molecule has 1 fully saturated rings. The molecular weight excluding hydrogens is 390 g/mol. The van der Waals surface area contributed by atoms with Crippen molar-refractivity contribution >= 4 is 27.3 Å². The number of piperidine rings is 1. The Morgan fingerprint density at radius 2 is 2.07 bits per heavy atom. The predicted molar refractivity (Wildman–Crippen MR) is 112 cm³/mol. The van der Waals surface area contributed by atoms with Gasteiger partial charge in [-0.1, -0.05) is 36.5 Å². The van der Waals surface area contributed by atoms with Crippen molar-refractivity contribution in [2.45, 2.75) is 26.3 Å². The number of ether oxygens (including phenoxy) is 1. The zero-order valence-electron chi connectivity index (χ0n) is 16.4. The van der Waals surface area contributed by atoms with E-state index in [1.165, 1.54) is 21.9 Å². The normalized spacial score (nSPS) is 14.9. The van der Waals surface area contributed by atoms with Gasteiger partial charge in [0, 0.05) is 31.3 Å². The van der Waals surface area contributed by atoms with E-state index >= 15 is 0 Å². The second-order valence-corrected chi connectivity index (χ2v) is 8.16. The van der Waals surface area contributed by atoms with Crippen molar-refractivity contribution in [3.63, 3.8) is 0 Å². The maximum atomic E-state index is 12.8. The number of carbonyl (C=O) groups is 1. The van der Waals surface area contributed by atoms with Crippen molar-refractivity contribution in [2.24, 2.45) is 5.92 Å². The number of para-hydroxylation sites is 1. The SMILES string of the molecule is COc1ccccc1CNC(=O)c1cc(=O)nc2sc(N3CCC(C)CC3)nn12. The molecule has 1 amide bonds. The third-order valence-electron chi connectivity index (χ3n) is 5.16. The molecule has 1 N–H and O–H groups in total. The van der Waals surface area contributed by atoms with Gasteiger partial charge in [0.2, 0.25) is 10.1 Å². The van der Waals surface area contributed by atoms with Crippen molar-refractivity contribution in [3.8, 4) is 5.75 Å². The van der Waals surface area contributed by atoms with E-state index in [1.54, 1.807) is 7.11 Å². The van der Waals surface area contributed by atoms with E-state index in [0.29, 0.717) is 16.6 Å². The number of benzene rings is 1. The molecule has 152 valence electrons. The van der Waals surface area contributed by atoms with Crippen LogP contribution in [0.25, 0.3) is 4.96 Å². The first-order valence-electron chi connectivity index (χ1n) is 9.61. The van der Waals surface area contributed by atoms with Crippen LogP contribution in [0.15, 0.2) is 35.1 Å². The van der Waals surface area contributed by atoms with Crippen LogP contribution in [0.2, 0.25) is 0 Å². The largest absolute Gasteiger partial charge is 0.496 e. The second-order valence-electron chi connectivity index (χ2n) is 7.22. The molecule has 0 saturated carbocycles. The van der Waals surface area contributed by atoms with Crippen LogP contribution in [0.5, 0.6) is 5.75 Å². The fourth-order valence-electron chi connectivity index (χ4n) is 3.41. The van der Waals surface area contributed by atoms with Crippen LogP contribution in [0.4, 0.5) is 5.13 Å². The summed E-state index contributed by atoms with van der Waals surface area (Å²) < 4.78 is 6.79. The first kappa shape index (κ1) is 19.4. The average Bonchev–Trinajstić information content (AvgIpc) is 3.15. The van der Waals surface area contributed by atoms with Gasteiger partial charge in [0.15, 0.2) is 0 Å². The first-order chi connectivity index (χ1) is 14.0. The summed E-state index contributed by atoms with van der Waals surface area (Å²) >= 11 is 1.34. The Morgan fingerprint density at radius 1 is 1.31 bits per heavy atom. The summed E-state index contributed by atoms with van der Waals surface area (Å²) in [6.45, 7) is 4.37. The highest BCUT2D eigenvalue weighted by molar-refractivity contribution is 7.20. The summed E-state index contributed by atoms with van der Waals surface area (Å²) in [5.74, 6) is 1.02. The van der Waals surface area contributed by atoms with Gasteiger partial charge < -0.3 is 15.0 Å². The fraction of sp³-hybridized carbons (Fsp3) is 0.400. The zero-order chi connectivity index (χ0) is 20.4. The summed E-state index contributed by atoms with van der Waals surface area (Å²) in [6, 6.07) is 8.69. The van der Waals surface area contributed by atoms with E-state index in [-0.39, 0.29) is 18.1 Å². The minimum absolute atomic E-state index is 0.183. The van der Waals surface area contributed by atoms with Crippen LogP contribution in [0.1, 0.15) is 35.8 Å². The molecule has 0 spiro atoms. The smallest absolute Gasteiger partial charge is 0.274 e. The molecule has 0 atom stereocenters. The van der Waals surface area contributed by atoms with Crippen molar-refractivity contribution in [2.75, 3.05) is 25.1 Å². The zero-order valence-corrected chi connectivity index (χ0v) is 17.2. The van der Waals surface area contributed by atoms with Gasteiger partial charge in [0.25, 0.3) is 11.5 Å². The number of rotatable bonds is 5. The molecule has 0 aliphatic carbocycles. The maximum absolute atomic E-state index is 12.8. The molecule has 2 aromatic heterocycles. The molecule has 3 heterocycles. The van der Waals surface area contributed by atoms with E-state index in [2.05, 4.69) is 27.2 Å². The Balaban J connectivity index is 1.59. The summed E-state index contributed by atoms with van der Waals surface area (Å²) in [5.41, 5.74) is 0.583. The molecule has 8 nitrogen and oxygen atoms in total. The molecule has 3 aromatic rings. The van der Waals surface area contributed by atoms with Gasteiger partial charge in [0.05, 0.1) is 7.11 Å². The summed E-state index contributed by atoms with van der Waals surface area (Å²) in [7, 11) is 1.59. The van der Waals surface area contributed by atoms with Gasteiger partial charge >= 0.3 is 0 Å². The number of hydrogen-bond donors (Lipinski definition) is 1. The van der Waals surface area contributed by atoms with E-state index in [0.717, 1.165) is 36.6 Å². The van der Waals surface area contributed by atoms with E-state index < -0.39 is 5.56 Å². The molecule has 29 heavy (non-hydrogen) atoms. The standard InChI is InChI=1S/C20H23N5O3S/c1-13-7-9-24(10-8-13)20-23-25-15(11-17(26)22-19(25)29-20)18(27)21-12-14-5-3-4-6-16(14)28-2/h3-6,11,13H,7-10,12H2,1-2H3,(H,21,27). The van der Waals surface area contributed by atoms with Gasteiger partial charge in [-0.25, -0.2) is 0 Å². The number of fused-ring (bicyclic) bond motifs is 1. The predicted octanol–water partition coefficient (Wildman–Crippen LogP) is 2.33. The molecule has 1 aromatic carbocycles. The van der Waals surface area contributed by atoms with Crippen LogP contribution >= 0.6 is 11.3 Å². The molecule has 0 unspecified atom stereocenters. The average molecular weight is 414 g/mol. The lowest BCUT2D eigenvalue weighted by Gasteiger charge is -2.29. The first-order valence-corrected chi connectivity index (χ1v) is 10.4. The van der Waals surface area contributed by atoms with Crippen molar-refractivity contribution < 1.29 is 9.53 Å². The minimum Gasteiger partial charge on any atom is -0.496 e. The number of nitrogens with zero attached hydrogens (tertiary/aromatic N) is 4. The Labute approximate surface area is 172 Å². The molecule has 1 aliphatic heterocycles. The number of anilines is 1. The fourth-order valence-corrected chi connectivity index (χ4v) is 4.37. The number of methoxy groups -OCH3 is 1. The van der Waals surface area contributed by atoms with Gasteiger partial charge in [-0.3, -0.25) is 9.59 Å². The van der Waals surface area contributed by atoms with Crippen LogP contribution in [-0.2, 0) is 6.54 Å². The summed E-state index contributed by atoms with van der Waals surface area (Å²) in [5, 5.41) is 8.22. The monoisotopic (exact) mass is 413 g/mol. The second kappa shape index (κ2) is 8.20. The third kappa shape index (κ3) is 4.09. The molecule has 0 radical (unpaired) electrons. The van der Waals surface area contributed by atoms with Gasteiger partial charge in [-0.15, -0.1) is 5.10 Å². The highest BCUT2D eigenvalue weighted by atomic mass is 32.1. The van der Waals surface area contributed by atoms with Crippen LogP contribution in [-0.4, -0.2) is 40.7 Å². The maximum Gasteiger partial charge on any atom is 0.274 e. The van der Waals surface area contributed by atoms with E-state index in [9.17, 15) is 9.59 Å². The van der Waals surface area contributed by atoms with Crippen molar-refractivity contribution in [3.05, 3.63) is 51.9 Å². The minimum atomic E-state index is -0.449. The molecule has 4 rings (SSSR count). The highest BCUT2D eigenvalue weighted by Gasteiger charge is 2.22. The Bertz CT molecular complexity index is 1090. The Kier molecular flexibility index (Phi) is 5.48. The molecule has 1 saturated heterocycles. The number of hydrogen-bond acceptors (Lipinski definition) is 7.